The molecule has 0 spiro atoms. The highest BCUT2D eigenvalue weighted by atomic mass is 19.1. The Morgan fingerprint density at radius 1 is 1.14 bits per heavy atom. The molecule has 0 aliphatic heterocycles. The van der Waals surface area contributed by atoms with E-state index < -0.39 is 5.82 Å². The Balaban J connectivity index is 2.01. The third kappa shape index (κ3) is 3.81. The average Bonchev–Trinajstić information content (AvgIpc) is 2.48. The predicted molar refractivity (Wildman–Crippen MR) is 81.6 cm³/mol. The van der Waals surface area contributed by atoms with Gasteiger partial charge in [0.25, 0.3) is 0 Å². The van der Waals surface area contributed by atoms with Gasteiger partial charge < -0.3 is 9.64 Å². The van der Waals surface area contributed by atoms with Crippen LogP contribution in [0.15, 0.2) is 42.5 Å². The second-order valence-electron chi connectivity index (χ2n) is 4.91. The van der Waals surface area contributed by atoms with Crippen LogP contribution < -0.4 is 9.64 Å². The summed E-state index contributed by atoms with van der Waals surface area (Å²) in [4.78, 5) is 13.3. The topological polar surface area (TPSA) is 29.5 Å². The third-order valence-corrected chi connectivity index (χ3v) is 3.26. The summed E-state index contributed by atoms with van der Waals surface area (Å²) in [5.41, 5.74) is 0.599. The molecule has 5 heteroatoms. The van der Waals surface area contributed by atoms with Crippen LogP contribution in [-0.2, 0) is 0 Å². The number of hydrogen-bond acceptors (Lipinski definition) is 3. The van der Waals surface area contributed by atoms with Crippen molar-refractivity contribution in [2.45, 2.75) is 6.92 Å². The number of likely N-dealkylation sites (N-methyl/N-ethyl adjacent to an activating group) is 1. The number of hydrogen-bond donors (Lipinski definition) is 0. The van der Waals surface area contributed by atoms with Crippen LogP contribution in [0.4, 0.5) is 14.5 Å². The van der Waals surface area contributed by atoms with E-state index >= 15 is 0 Å². The van der Waals surface area contributed by atoms with E-state index in [4.69, 9.17) is 4.74 Å². The quantitative estimate of drug-likeness (QED) is 0.762. The van der Waals surface area contributed by atoms with E-state index in [2.05, 4.69) is 0 Å². The standard InChI is InChI=1S/C17H17F2NO2/c1-12(21)17-15(19)4-3-5-16(17)20(2)10-11-22-14-8-6-13(18)7-9-14/h3-9H,10-11H2,1-2H3. The first-order valence-corrected chi connectivity index (χ1v) is 6.88. The van der Waals surface area contributed by atoms with E-state index in [0.29, 0.717) is 24.6 Å². The first kappa shape index (κ1) is 15.9. The van der Waals surface area contributed by atoms with Crippen molar-refractivity contribution in [2.75, 3.05) is 25.1 Å². The second kappa shape index (κ2) is 7.02. The summed E-state index contributed by atoms with van der Waals surface area (Å²) in [6.45, 7) is 2.13. The van der Waals surface area contributed by atoms with E-state index in [1.807, 2.05) is 0 Å². The Bertz CT molecular complexity index is 656. The van der Waals surface area contributed by atoms with Crippen molar-refractivity contribution in [3.63, 3.8) is 0 Å². The average molecular weight is 305 g/mol. The molecule has 3 nitrogen and oxygen atoms in total. The zero-order valence-electron chi connectivity index (χ0n) is 12.5. The maximum atomic E-state index is 13.8. The Labute approximate surface area is 128 Å². The maximum Gasteiger partial charge on any atom is 0.164 e. The molecule has 0 radical (unpaired) electrons. The fraction of sp³-hybridized carbons (Fsp3) is 0.235. The van der Waals surface area contributed by atoms with E-state index in [1.165, 1.54) is 25.1 Å². The van der Waals surface area contributed by atoms with Crippen LogP contribution in [-0.4, -0.2) is 26.0 Å². The third-order valence-electron chi connectivity index (χ3n) is 3.26. The van der Waals surface area contributed by atoms with Crippen LogP contribution in [0, 0.1) is 11.6 Å². The number of ether oxygens (including phenoxy) is 1. The number of Topliss-reactive ketones (excluding diaryl/α,β-unsaturated/α-hetero) is 1. The molecule has 0 saturated carbocycles. The Kier molecular flexibility index (Phi) is 5.09. The van der Waals surface area contributed by atoms with Gasteiger partial charge in [0, 0.05) is 7.05 Å². The molecular formula is C17H17F2NO2. The molecule has 0 heterocycles. The summed E-state index contributed by atoms with van der Waals surface area (Å²) in [5.74, 6) is -0.619. The van der Waals surface area contributed by atoms with Crippen molar-refractivity contribution in [1.29, 1.82) is 0 Å². The Morgan fingerprint density at radius 3 is 2.45 bits per heavy atom. The lowest BCUT2D eigenvalue weighted by Crippen LogP contribution is -2.25. The summed E-state index contributed by atoms with van der Waals surface area (Å²) in [5, 5.41) is 0. The summed E-state index contributed by atoms with van der Waals surface area (Å²) in [6.07, 6.45) is 0. The van der Waals surface area contributed by atoms with Crippen LogP contribution in [0.1, 0.15) is 17.3 Å². The molecule has 116 valence electrons. The van der Waals surface area contributed by atoms with Gasteiger partial charge in [0.15, 0.2) is 5.78 Å². The van der Waals surface area contributed by atoms with Gasteiger partial charge in [-0.1, -0.05) is 6.07 Å². The summed E-state index contributed by atoms with van der Waals surface area (Å²) >= 11 is 0. The molecule has 2 aromatic rings. The fourth-order valence-electron chi connectivity index (χ4n) is 2.13. The van der Waals surface area contributed by atoms with Crippen LogP contribution >= 0.6 is 0 Å². The van der Waals surface area contributed by atoms with Crippen LogP contribution in [0.3, 0.4) is 0 Å². The van der Waals surface area contributed by atoms with E-state index in [0.717, 1.165) is 0 Å². The van der Waals surface area contributed by atoms with Crippen LogP contribution in [0.25, 0.3) is 0 Å². The van der Waals surface area contributed by atoms with Gasteiger partial charge in [0.2, 0.25) is 0 Å². The lowest BCUT2D eigenvalue weighted by Gasteiger charge is -2.22. The largest absolute Gasteiger partial charge is 0.492 e. The molecule has 2 aromatic carbocycles. The smallest absolute Gasteiger partial charge is 0.164 e. The van der Waals surface area contributed by atoms with Gasteiger partial charge in [-0.15, -0.1) is 0 Å². The molecule has 0 N–H and O–H groups in total. The number of rotatable bonds is 6. The molecule has 0 unspecified atom stereocenters. The van der Waals surface area contributed by atoms with Gasteiger partial charge in [-0.3, -0.25) is 4.79 Å². The zero-order valence-corrected chi connectivity index (χ0v) is 12.5. The SMILES string of the molecule is CC(=O)c1c(F)cccc1N(C)CCOc1ccc(F)cc1. The lowest BCUT2D eigenvalue weighted by molar-refractivity contribution is 0.101. The number of ketones is 1. The zero-order chi connectivity index (χ0) is 16.1. The van der Waals surface area contributed by atoms with Gasteiger partial charge in [-0.2, -0.15) is 0 Å². The molecule has 0 atom stereocenters. The molecule has 0 aliphatic carbocycles. The Morgan fingerprint density at radius 2 is 1.82 bits per heavy atom. The monoisotopic (exact) mass is 305 g/mol. The number of benzene rings is 2. The second-order valence-corrected chi connectivity index (χ2v) is 4.91. The lowest BCUT2D eigenvalue weighted by atomic mass is 10.1. The highest BCUT2D eigenvalue weighted by molar-refractivity contribution is 6.00. The summed E-state index contributed by atoms with van der Waals surface area (Å²) < 4.78 is 32.1. The maximum absolute atomic E-state index is 13.8. The normalized spacial score (nSPS) is 10.4. The van der Waals surface area contributed by atoms with Crippen LogP contribution in [0.5, 0.6) is 5.75 Å². The van der Waals surface area contributed by atoms with Crippen molar-refractivity contribution in [3.8, 4) is 5.75 Å². The van der Waals surface area contributed by atoms with Crippen molar-refractivity contribution >= 4 is 11.5 Å². The van der Waals surface area contributed by atoms with Crippen molar-refractivity contribution in [3.05, 3.63) is 59.7 Å². The van der Waals surface area contributed by atoms with Crippen molar-refractivity contribution in [2.24, 2.45) is 0 Å². The van der Waals surface area contributed by atoms with Crippen LogP contribution in [0.2, 0.25) is 0 Å². The van der Waals surface area contributed by atoms with E-state index in [1.54, 1.807) is 36.2 Å². The molecule has 0 bridgehead atoms. The van der Waals surface area contributed by atoms with Gasteiger partial charge in [0.05, 0.1) is 17.8 Å². The molecule has 22 heavy (non-hydrogen) atoms. The van der Waals surface area contributed by atoms with Gasteiger partial charge in [-0.25, -0.2) is 8.78 Å². The van der Waals surface area contributed by atoms with E-state index in [9.17, 15) is 13.6 Å². The Hall–Kier alpha value is -2.43. The summed E-state index contributed by atoms with van der Waals surface area (Å²) in [7, 11) is 1.76. The molecule has 0 saturated heterocycles. The number of anilines is 1. The number of carbonyl (C=O) groups is 1. The van der Waals surface area contributed by atoms with Gasteiger partial charge in [-0.05, 0) is 43.3 Å². The van der Waals surface area contributed by atoms with Gasteiger partial charge in [0.1, 0.15) is 24.0 Å². The molecule has 0 aliphatic rings. The fourth-order valence-corrected chi connectivity index (χ4v) is 2.13. The highest BCUT2D eigenvalue weighted by Gasteiger charge is 2.15. The minimum atomic E-state index is -0.531. The molecule has 0 amide bonds. The van der Waals surface area contributed by atoms with Gasteiger partial charge >= 0.3 is 0 Å². The summed E-state index contributed by atoms with van der Waals surface area (Å²) in [6, 6.07) is 10.2. The van der Waals surface area contributed by atoms with Crippen molar-refractivity contribution < 1.29 is 18.3 Å². The minimum Gasteiger partial charge on any atom is -0.492 e. The number of nitrogens with zero attached hydrogens (tertiary/aromatic N) is 1. The molecule has 0 fully saturated rings. The number of carbonyl (C=O) groups excluding carboxylic acids is 1. The minimum absolute atomic E-state index is 0.0757. The number of halogens is 2. The van der Waals surface area contributed by atoms with E-state index in [-0.39, 0.29) is 17.2 Å². The molecule has 2 rings (SSSR count). The first-order chi connectivity index (χ1) is 10.5. The molecular weight excluding hydrogens is 288 g/mol. The van der Waals surface area contributed by atoms with Crippen molar-refractivity contribution in [1.82, 2.24) is 0 Å². The highest BCUT2D eigenvalue weighted by Crippen LogP contribution is 2.22. The predicted octanol–water partition coefficient (Wildman–Crippen LogP) is 3.68. The molecule has 0 aromatic heterocycles. The first-order valence-electron chi connectivity index (χ1n) is 6.88.